The Hall–Kier alpha value is -1.46. The van der Waals surface area contributed by atoms with Crippen molar-refractivity contribution < 1.29 is 0 Å². The van der Waals surface area contributed by atoms with E-state index in [9.17, 15) is 0 Å². The second-order valence-electron chi connectivity index (χ2n) is 5.66. The minimum Gasteiger partial charge on any atom is -0.238 e. The molecule has 0 spiro atoms. The lowest BCUT2D eigenvalue weighted by Gasteiger charge is -2.06. The highest BCUT2D eigenvalue weighted by atomic mass is 32.2. The van der Waals surface area contributed by atoms with Gasteiger partial charge in [0.15, 0.2) is 0 Å². The summed E-state index contributed by atoms with van der Waals surface area (Å²) in [6.07, 6.45) is 1.18. The first-order chi connectivity index (χ1) is 10.6. The fraction of sp³-hybridized carbons (Fsp3) is 0.353. The molecule has 0 radical (unpaired) electrons. The molecule has 0 bridgehead atoms. The van der Waals surface area contributed by atoms with E-state index in [4.69, 9.17) is 4.98 Å². The summed E-state index contributed by atoms with van der Waals surface area (Å²) in [4.78, 5) is 4.69. The summed E-state index contributed by atoms with van der Waals surface area (Å²) in [5, 5.41) is 11.0. The molecule has 0 aliphatic rings. The zero-order valence-electron chi connectivity index (χ0n) is 13.0. The Kier molecular flexibility index (Phi) is 4.74. The topological polar surface area (TPSA) is 38.7 Å². The van der Waals surface area contributed by atoms with Gasteiger partial charge in [0.1, 0.15) is 16.2 Å². The molecule has 0 aliphatic heterocycles. The summed E-state index contributed by atoms with van der Waals surface area (Å²) >= 11 is 3.47. The van der Waals surface area contributed by atoms with E-state index in [1.807, 2.05) is 25.1 Å². The molecule has 2 heterocycles. The molecule has 1 aromatic carbocycles. The van der Waals surface area contributed by atoms with Crippen LogP contribution in [0.1, 0.15) is 25.3 Å². The van der Waals surface area contributed by atoms with Crippen LogP contribution in [0.15, 0.2) is 35.4 Å². The van der Waals surface area contributed by atoms with Gasteiger partial charge in [-0.1, -0.05) is 44.2 Å². The average Bonchev–Trinajstić information content (AvgIpc) is 2.89. The third-order valence-electron chi connectivity index (χ3n) is 3.37. The lowest BCUT2D eigenvalue weighted by Crippen LogP contribution is -1.95. The van der Waals surface area contributed by atoms with Gasteiger partial charge in [0.2, 0.25) is 0 Å². The first-order valence-electron chi connectivity index (χ1n) is 7.47. The molecular formula is C17H19N3S2. The number of thiazole rings is 1. The average molecular weight is 329 g/mol. The Morgan fingerprint density at radius 3 is 2.64 bits per heavy atom. The quantitative estimate of drug-likeness (QED) is 0.603. The van der Waals surface area contributed by atoms with Crippen molar-refractivity contribution in [3.05, 3.63) is 35.3 Å². The first kappa shape index (κ1) is 15.4. The van der Waals surface area contributed by atoms with E-state index in [2.05, 4.69) is 36.2 Å². The van der Waals surface area contributed by atoms with Crippen LogP contribution in [0.25, 0.3) is 21.5 Å². The van der Waals surface area contributed by atoms with Crippen LogP contribution in [0.3, 0.4) is 0 Å². The van der Waals surface area contributed by atoms with Crippen molar-refractivity contribution in [2.24, 2.45) is 5.92 Å². The van der Waals surface area contributed by atoms with Crippen molar-refractivity contribution in [2.75, 3.05) is 5.75 Å². The Bertz CT molecular complexity index is 766. The standard InChI is InChI=1S/C17H19N3S2/c1-11(2)9-10-21-17-15-16(22-12(3)18-15)14(19-20-17)13-7-5-4-6-8-13/h4-8,11H,9-10H2,1-3H3. The zero-order valence-corrected chi connectivity index (χ0v) is 14.7. The molecule has 5 heteroatoms. The van der Waals surface area contributed by atoms with Crippen LogP contribution in [-0.4, -0.2) is 20.9 Å². The van der Waals surface area contributed by atoms with Crippen LogP contribution in [-0.2, 0) is 0 Å². The summed E-state index contributed by atoms with van der Waals surface area (Å²) < 4.78 is 1.14. The van der Waals surface area contributed by atoms with Crippen molar-refractivity contribution in [1.29, 1.82) is 0 Å². The molecule has 2 aromatic heterocycles. The molecule has 0 saturated heterocycles. The highest BCUT2D eigenvalue weighted by molar-refractivity contribution is 7.99. The molecular weight excluding hydrogens is 310 g/mol. The van der Waals surface area contributed by atoms with Crippen molar-refractivity contribution in [2.45, 2.75) is 32.2 Å². The van der Waals surface area contributed by atoms with Gasteiger partial charge in [-0.05, 0) is 25.0 Å². The summed E-state index contributed by atoms with van der Waals surface area (Å²) in [5.41, 5.74) is 3.04. The molecule has 3 rings (SSSR count). The van der Waals surface area contributed by atoms with Crippen LogP contribution >= 0.6 is 23.1 Å². The number of aromatic nitrogens is 3. The molecule has 22 heavy (non-hydrogen) atoms. The molecule has 3 aromatic rings. The summed E-state index contributed by atoms with van der Waals surface area (Å²) in [6, 6.07) is 10.2. The van der Waals surface area contributed by atoms with Gasteiger partial charge in [0, 0.05) is 5.56 Å². The molecule has 0 amide bonds. The van der Waals surface area contributed by atoms with Crippen LogP contribution in [0, 0.1) is 12.8 Å². The lowest BCUT2D eigenvalue weighted by molar-refractivity contribution is 0.632. The van der Waals surface area contributed by atoms with Crippen LogP contribution < -0.4 is 0 Å². The molecule has 0 unspecified atom stereocenters. The molecule has 0 atom stereocenters. The van der Waals surface area contributed by atoms with Crippen molar-refractivity contribution >= 4 is 33.3 Å². The van der Waals surface area contributed by atoms with E-state index in [1.54, 1.807) is 23.1 Å². The number of fused-ring (bicyclic) bond motifs is 1. The number of thioether (sulfide) groups is 1. The molecule has 3 nitrogen and oxygen atoms in total. The third-order valence-corrected chi connectivity index (χ3v) is 5.34. The SMILES string of the molecule is Cc1nc2c(SCCC(C)C)nnc(-c3ccccc3)c2s1. The maximum atomic E-state index is 4.69. The van der Waals surface area contributed by atoms with Gasteiger partial charge in [0.25, 0.3) is 0 Å². The number of hydrogen-bond acceptors (Lipinski definition) is 5. The lowest BCUT2D eigenvalue weighted by atomic mass is 10.1. The van der Waals surface area contributed by atoms with Crippen molar-refractivity contribution in [3.8, 4) is 11.3 Å². The van der Waals surface area contributed by atoms with Gasteiger partial charge in [-0.15, -0.1) is 33.3 Å². The summed E-state index contributed by atoms with van der Waals surface area (Å²) in [6.45, 7) is 6.53. The maximum Gasteiger partial charge on any atom is 0.146 e. The number of aryl methyl sites for hydroxylation is 1. The van der Waals surface area contributed by atoms with Gasteiger partial charge < -0.3 is 0 Å². The normalized spacial score (nSPS) is 11.5. The second-order valence-corrected chi connectivity index (χ2v) is 7.95. The van der Waals surface area contributed by atoms with Gasteiger partial charge in [-0.25, -0.2) is 4.98 Å². The van der Waals surface area contributed by atoms with E-state index in [-0.39, 0.29) is 0 Å². The highest BCUT2D eigenvalue weighted by Gasteiger charge is 2.15. The number of hydrogen-bond donors (Lipinski definition) is 0. The smallest absolute Gasteiger partial charge is 0.146 e. The first-order valence-corrected chi connectivity index (χ1v) is 9.27. The van der Waals surface area contributed by atoms with E-state index in [0.717, 1.165) is 37.3 Å². The fourth-order valence-corrected chi connectivity index (χ4v) is 4.35. The highest BCUT2D eigenvalue weighted by Crippen LogP contribution is 2.35. The molecule has 0 saturated carbocycles. The van der Waals surface area contributed by atoms with E-state index < -0.39 is 0 Å². The maximum absolute atomic E-state index is 4.69. The Morgan fingerprint density at radius 1 is 1.14 bits per heavy atom. The predicted molar refractivity (Wildman–Crippen MR) is 95.6 cm³/mol. The Morgan fingerprint density at radius 2 is 1.91 bits per heavy atom. The van der Waals surface area contributed by atoms with Crippen molar-refractivity contribution in [1.82, 2.24) is 15.2 Å². The van der Waals surface area contributed by atoms with E-state index >= 15 is 0 Å². The Labute approximate surface area is 139 Å². The number of rotatable bonds is 5. The van der Waals surface area contributed by atoms with E-state index in [0.29, 0.717) is 5.92 Å². The van der Waals surface area contributed by atoms with Gasteiger partial charge in [0.05, 0.1) is 9.71 Å². The predicted octanol–water partition coefficient (Wildman–Crippen LogP) is 5.20. The minimum absolute atomic E-state index is 0.705. The number of nitrogens with zero attached hydrogens (tertiary/aromatic N) is 3. The largest absolute Gasteiger partial charge is 0.238 e. The van der Waals surface area contributed by atoms with Gasteiger partial charge in [-0.2, -0.15) is 0 Å². The second kappa shape index (κ2) is 6.75. The minimum atomic E-state index is 0.705. The van der Waals surface area contributed by atoms with Crippen molar-refractivity contribution in [3.63, 3.8) is 0 Å². The molecule has 114 valence electrons. The fourth-order valence-electron chi connectivity index (χ4n) is 2.19. The van der Waals surface area contributed by atoms with E-state index in [1.165, 1.54) is 6.42 Å². The zero-order chi connectivity index (χ0) is 15.5. The summed E-state index contributed by atoms with van der Waals surface area (Å²) in [5.74, 6) is 1.76. The van der Waals surface area contributed by atoms with Crippen LogP contribution in [0.5, 0.6) is 0 Å². The van der Waals surface area contributed by atoms with Gasteiger partial charge >= 0.3 is 0 Å². The summed E-state index contributed by atoms with van der Waals surface area (Å²) in [7, 11) is 0. The third kappa shape index (κ3) is 3.31. The van der Waals surface area contributed by atoms with Crippen LogP contribution in [0.4, 0.5) is 0 Å². The number of benzene rings is 1. The monoisotopic (exact) mass is 329 g/mol. The van der Waals surface area contributed by atoms with Crippen LogP contribution in [0.2, 0.25) is 0 Å². The van der Waals surface area contributed by atoms with Gasteiger partial charge in [-0.3, -0.25) is 0 Å². The molecule has 0 N–H and O–H groups in total. The Balaban J connectivity index is 2.00. The molecule has 0 fully saturated rings. The molecule has 0 aliphatic carbocycles.